The maximum atomic E-state index is 13.8. The van der Waals surface area contributed by atoms with Gasteiger partial charge >= 0.3 is 10.8 Å². The lowest BCUT2D eigenvalue weighted by Crippen LogP contribution is -2.32. The minimum Gasteiger partial charge on any atom is -0.465 e. The second kappa shape index (κ2) is 9.79. The number of carbonyl (C=O) groups is 3. The summed E-state index contributed by atoms with van der Waals surface area (Å²) < 4.78 is 19.9. The minimum absolute atomic E-state index is 0.179. The van der Waals surface area contributed by atoms with Crippen LogP contribution in [0.2, 0.25) is 0 Å². The Hall–Kier alpha value is -3.44. The molecule has 0 bridgehead atoms. The number of nitrogens with zero attached hydrogens (tertiary/aromatic N) is 3. The first-order chi connectivity index (χ1) is 17.7. The van der Waals surface area contributed by atoms with Gasteiger partial charge in [-0.05, 0) is 48.9 Å². The molecule has 1 saturated heterocycles. The zero-order valence-electron chi connectivity index (χ0n) is 20.3. The van der Waals surface area contributed by atoms with Gasteiger partial charge < -0.3 is 9.64 Å². The number of carbonyl (C=O) groups excluding carboxylic acids is 3. The van der Waals surface area contributed by atoms with E-state index in [9.17, 15) is 23.6 Å². The molecule has 0 spiro atoms. The van der Waals surface area contributed by atoms with Crippen LogP contribution in [0.5, 0.6) is 0 Å². The van der Waals surface area contributed by atoms with E-state index >= 15 is 0 Å². The molecule has 3 aromatic rings. The van der Waals surface area contributed by atoms with Crippen LogP contribution in [0.4, 0.5) is 15.8 Å². The normalized spacial score (nSPS) is 20.5. The summed E-state index contributed by atoms with van der Waals surface area (Å²) in [4.78, 5) is 56.0. The molecule has 5 rings (SSSR count). The van der Waals surface area contributed by atoms with Crippen LogP contribution in [-0.2, 0) is 25.7 Å². The van der Waals surface area contributed by atoms with Crippen molar-refractivity contribution in [2.75, 3.05) is 30.5 Å². The lowest BCUT2D eigenvalue weighted by molar-refractivity contribution is -0.144. The maximum absolute atomic E-state index is 13.8. The molecule has 0 N–H and O–H groups in total. The molecule has 37 heavy (non-hydrogen) atoms. The summed E-state index contributed by atoms with van der Waals surface area (Å²) in [6.45, 7) is 1.58. The highest BCUT2D eigenvalue weighted by Gasteiger charge is 2.56. The van der Waals surface area contributed by atoms with E-state index in [-0.39, 0.29) is 18.0 Å². The smallest absolute Gasteiger partial charge is 0.326 e. The van der Waals surface area contributed by atoms with Gasteiger partial charge in [0.15, 0.2) is 0 Å². The van der Waals surface area contributed by atoms with Gasteiger partial charge in [0.05, 0.1) is 23.2 Å². The molecular formula is C26H24FN3O5S2. The van der Waals surface area contributed by atoms with E-state index in [4.69, 9.17) is 4.74 Å². The maximum Gasteiger partial charge on any atom is 0.326 e. The summed E-state index contributed by atoms with van der Waals surface area (Å²) in [5, 5.41) is -0.320. The Morgan fingerprint density at radius 2 is 1.70 bits per heavy atom. The summed E-state index contributed by atoms with van der Waals surface area (Å²) in [5.41, 5.74) is 2.04. The van der Waals surface area contributed by atoms with Crippen LogP contribution in [0, 0.1) is 11.7 Å². The van der Waals surface area contributed by atoms with E-state index in [0.29, 0.717) is 15.6 Å². The van der Waals surface area contributed by atoms with Crippen molar-refractivity contribution in [3.8, 4) is 0 Å². The number of hydrogen-bond donors (Lipinski definition) is 0. The average Bonchev–Trinajstić information content (AvgIpc) is 3.31. The highest BCUT2D eigenvalue weighted by atomic mass is 32.2. The number of imide groups is 1. The molecular weight excluding hydrogens is 517 g/mol. The summed E-state index contributed by atoms with van der Waals surface area (Å²) in [5.74, 6) is -3.21. The van der Waals surface area contributed by atoms with Gasteiger partial charge in [0.1, 0.15) is 17.6 Å². The molecule has 1 fully saturated rings. The first-order valence-corrected chi connectivity index (χ1v) is 13.4. The molecule has 2 aliphatic rings. The number of thiazole rings is 1. The van der Waals surface area contributed by atoms with Crippen molar-refractivity contribution in [3.05, 3.63) is 74.5 Å². The Morgan fingerprint density at radius 3 is 2.32 bits per heavy atom. The minimum atomic E-state index is -0.814. The van der Waals surface area contributed by atoms with Gasteiger partial charge in [-0.2, -0.15) is 0 Å². The number of thioether (sulfide) groups is 1. The first-order valence-electron chi connectivity index (χ1n) is 11.7. The fraction of sp³-hybridized carbons (Fsp3) is 0.308. The molecule has 2 aromatic carbocycles. The Kier molecular flexibility index (Phi) is 6.67. The topological polar surface area (TPSA) is 88.9 Å². The molecule has 0 unspecified atom stereocenters. The zero-order chi connectivity index (χ0) is 26.4. The number of ether oxygens (including phenoxy) is 1. The van der Waals surface area contributed by atoms with Crippen molar-refractivity contribution < 1.29 is 23.5 Å². The number of fused-ring (bicyclic) bond motifs is 2. The number of benzene rings is 2. The Balaban J connectivity index is 1.63. The van der Waals surface area contributed by atoms with Gasteiger partial charge in [-0.3, -0.25) is 23.7 Å². The van der Waals surface area contributed by atoms with Gasteiger partial charge in [0, 0.05) is 30.6 Å². The van der Waals surface area contributed by atoms with Gasteiger partial charge in [0.25, 0.3) is 0 Å². The summed E-state index contributed by atoms with van der Waals surface area (Å²) in [6.07, 6.45) is 0. The summed E-state index contributed by atoms with van der Waals surface area (Å²) in [7, 11) is 3.84. The molecule has 0 radical (unpaired) electrons. The van der Waals surface area contributed by atoms with Gasteiger partial charge in [0.2, 0.25) is 11.8 Å². The average molecular weight is 542 g/mol. The van der Waals surface area contributed by atoms with E-state index in [0.717, 1.165) is 39.2 Å². The van der Waals surface area contributed by atoms with Crippen LogP contribution < -0.4 is 14.7 Å². The standard InChI is InChI=1S/C26H24FN3O5S2/c1-4-35-18(31)13-29-25-22(37-26(29)34)19(14-5-9-16(10-6-14)28(2)3)20-21(36-25)24(33)30(23(20)32)17-11-7-15(27)8-12-17/h5-12,19-21H,4,13H2,1-3H3/t19-,20-,21+/m0/s1. The first kappa shape index (κ1) is 25.2. The highest BCUT2D eigenvalue weighted by molar-refractivity contribution is 8.00. The fourth-order valence-corrected chi connectivity index (χ4v) is 7.55. The monoisotopic (exact) mass is 541 g/mol. The predicted octanol–water partition coefficient (Wildman–Crippen LogP) is 3.47. The van der Waals surface area contributed by atoms with Crippen LogP contribution in [0.15, 0.2) is 58.4 Å². The van der Waals surface area contributed by atoms with Crippen LogP contribution in [0.3, 0.4) is 0 Å². The molecule has 2 aliphatic heterocycles. The number of anilines is 2. The van der Waals surface area contributed by atoms with Crippen molar-refractivity contribution in [3.63, 3.8) is 0 Å². The molecule has 192 valence electrons. The van der Waals surface area contributed by atoms with E-state index in [2.05, 4.69) is 0 Å². The number of rotatable bonds is 6. The summed E-state index contributed by atoms with van der Waals surface area (Å²) >= 11 is 2.10. The number of esters is 1. The third-order valence-corrected chi connectivity index (χ3v) is 9.10. The Bertz CT molecular complexity index is 1430. The zero-order valence-corrected chi connectivity index (χ0v) is 22.0. The second-order valence-corrected chi connectivity index (χ2v) is 11.1. The van der Waals surface area contributed by atoms with Crippen molar-refractivity contribution in [1.29, 1.82) is 0 Å². The van der Waals surface area contributed by atoms with Crippen LogP contribution in [-0.4, -0.2) is 48.3 Å². The van der Waals surface area contributed by atoms with E-state index in [1.807, 2.05) is 43.3 Å². The highest BCUT2D eigenvalue weighted by Crippen LogP contribution is 2.54. The lowest BCUT2D eigenvalue weighted by Gasteiger charge is -2.31. The van der Waals surface area contributed by atoms with Crippen LogP contribution in [0.25, 0.3) is 0 Å². The van der Waals surface area contributed by atoms with Gasteiger partial charge in [-0.25, -0.2) is 9.29 Å². The number of hydrogen-bond acceptors (Lipinski definition) is 8. The van der Waals surface area contributed by atoms with E-state index in [1.54, 1.807) is 6.92 Å². The van der Waals surface area contributed by atoms with Crippen molar-refractivity contribution >= 4 is 52.3 Å². The van der Waals surface area contributed by atoms with Gasteiger partial charge in [-0.1, -0.05) is 35.2 Å². The quantitative estimate of drug-likeness (QED) is 0.349. The Labute approximate surface area is 220 Å². The largest absolute Gasteiger partial charge is 0.465 e. The number of aromatic nitrogens is 1. The third kappa shape index (κ3) is 4.36. The molecule has 2 amide bonds. The molecule has 8 nitrogen and oxygen atoms in total. The number of amides is 2. The number of halogens is 1. The summed E-state index contributed by atoms with van der Waals surface area (Å²) in [6, 6.07) is 12.9. The molecule has 0 aliphatic carbocycles. The molecule has 11 heteroatoms. The SMILES string of the molecule is CCOC(=O)Cn1c2c(sc1=O)[C@@H](c1ccc(N(C)C)cc1)[C@@H]1C(=O)N(c3ccc(F)cc3)C(=O)[C@@H]1S2. The fourth-order valence-electron chi connectivity index (χ4n) is 4.77. The molecule has 3 atom stereocenters. The van der Waals surface area contributed by atoms with Crippen molar-refractivity contribution in [1.82, 2.24) is 4.57 Å². The Morgan fingerprint density at radius 1 is 1.03 bits per heavy atom. The molecule has 1 aromatic heterocycles. The molecule has 3 heterocycles. The van der Waals surface area contributed by atoms with Crippen LogP contribution >= 0.6 is 23.1 Å². The van der Waals surface area contributed by atoms with E-state index < -0.39 is 40.7 Å². The van der Waals surface area contributed by atoms with Crippen molar-refractivity contribution in [2.24, 2.45) is 5.92 Å². The van der Waals surface area contributed by atoms with E-state index in [1.165, 1.54) is 28.8 Å². The lowest BCUT2D eigenvalue weighted by atomic mass is 9.83. The molecule has 0 saturated carbocycles. The van der Waals surface area contributed by atoms with Gasteiger partial charge in [-0.15, -0.1) is 0 Å². The predicted molar refractivity (Wildman–Crippen MR) is 140 cm³/mol. The third-order valence-electron chi connectivity index (χ3n) is 6.50. The van der Waals surface area contributed by atoms with Crippen molar-refractivity contribution in [2.45, 2.75) is 29.7 Å². The second-order valence-electron chi connectivity index (χ2n) is 8.94. The van der Waals surface area contributed by atoms with Crippen LogP contribution in [0.1, 0.15) is 23.3 Å².